The van der Waals surface area contributed by atoms with Gasteiger partial charge in [0, 0.05) is 6.54 Å². The Morgan fingerprint density at radius 3 is 2.60 bits per heavy atom. The number of amidine groups is 1. The van der Waals surface area contributed by atoms with Gasteiger partial charge in [0.1, 0.15) is 5.84 Å². The highest BCUT2D eigenvalue weighted by Crippen LogP contribution is 2.13. The van der Waals surface area contributed by atoms with Crippen molar-refractivity contribution in [2.24, 2.45) is 0 Å². The summed E-state index contributed by atoms with van der Waals surface area (Å²) in [6, 6.07) is 9.44. The van der Waals surface area contributed by atoms with Gasteiger partial charge in [-0.3, -0.25) is 10.7 Å². The molecule has 15 heavy (non-hydrogen) atoms. The van der Waals surface area contributed by atoms with Crippen molar-refractivity contribution in [3.05, 3.63) is 35.9 Å². The van der Waals surface area contributed by atoms with Crippen LogP contribution in [0.25, 0.3) is 0 Å². The summed E-state index contributed by atoms with van der Waals surface area (Å²) in [7, 11) is 0. The zero-order chi connectivity index (χ0) is 10.8. The fraction of sp³-hybridized carbons (Fsp3) is 0.273. The number of amides is 2. The van der Waals surface area contributed by atoms with Crippen molar-refractivity contribution in [3.63, 3.8) is 0 Å². The molecule has 0 spiro atoms. The van der Waals surface area contributed by atoms with Gasteiger partial charge >= 0.3 is 6.03 Å². The summed E-state index contributed by atoms with van der Waals surface area (Å²) in [6.45, 7) is 2.40. The fourth-order valence-corrected chi connectivity index (χ4v) is 1.61. The van der Waals surface area contributed by atoms with Crippen LogP contribution in [0.1, 0.15) is 12.5 Å². The Kier molecular flexibility index (Phi) is 2.41. The molecule has 0 saturated carbocycles. The number of benzene rings is 1. The third-order valence-corrected chi connectivity index (χ3v) is 2.58. The lowest BCUT2D eigenvalue weighted by Gasteiger charge is -2.18. The molecule has 1 aromatic carbocycles. The van der Waals surface area contributed by atoms with Crippen molar-refractivity contribution < 1.29 is 4.79 Å². The summed E-state index contributed by atoms with van der Waals surface area (Å²) in [5.41, 5.74) is 1.08. The molecule has 1 heterocycles. The average Bonchev–Trinajstić information content (AvgIpc) is 2.47. The van der Waals surface area contributed by atoms with Gasteiger partial charge in [-0.05, 0) is 12.5 Å². The van der Waals surface area contributed by atoms with Gasteiger partial charge in [-0.2, -0.15) is 0 Å². The van der Waals surface area contributed by atoms with Crippen molar-refractivity contribution in [2.75, 3.05) is 0 Å². The molecular weight excluding hydrogens is 190 g/mol. The molecule has 4 nitrogen and oxygen atoms in total. The molecule has 0 radical (unpaired) electrons. The van der Waals surface area contributed by atoms with E-state index in [-0.39, 0.29) is 17.9 Å². The molecule has 2 N–H and O–H groups in total. The van der Waals surface area contributed by atoms with Gasteiger partial charge < -0.3 is 4.90 Å². The Morgan fingerprint density at radius 1 is 1.40 bits per heavy atom. The zero-order valence-electron chi connectivity index (χ0n) is 8.53. The van der Waals surface area contributed by atoms with Crippen LogP contribution in [0.2, 0.25) is 0 Å². The first kappa shape index (κ1) is 9.71. The van der Waals surface area contributed by atoms with E-state index in [4.69, 9.17) is 5.41 Å². The molecule has 2 amide bonds. The summed E-state index contributed by atoms with van der Waals surface area (Å²) >= 11 is 0. The van der Waals surface area contributed by atoms with E-state index in [9.17, 15) is 4.79 Å². The number of rotatable bonds is 2. The third kappa shape index (κ3) is 1.83. The van der Waals surface area contributed by atoms with E-state index in [0.29, 0.717) is 6.54 Å². The molecule has 1 unspecified atom stereocenters. The topological polar surface area (TPSA) is 56.2 Å². The normalized spacial score (nSPS) is 20.6. The Balaban J connectivity index is 2.13. The molecule has 78 valence electrons. The minimum atomic E-state index is -0.184. The first-order chi connectivity index (χ1) is 7.18. The van der Waals surface area contributed by atoms with Crippen LogP contribution < -0.4 is 5.32 Å². The first-order valence-corrected chi connectivity index (χ1v) is 4.88. The third-order valence-electron chi connectivity index (χ3n) is 2.58. The second-order valence-electron chi connectivity index (χ2n) is 3.63. The van der Waals surface area contributed by atoms with E-state index in [2.05, 4.69) is 5.32 Å². The molecule has 1 aliphatic rings. The molecule has 1 fully saturated rings. The number of urea groups is 1. The lowest BCUT2D eigenvalue weighted by molar-refractivity contribution is 0.205. The standard InChI is InChI=1S/C11H13N3O/c1-8-10(12)13-11(15)14(8)7-9-5-3-2-4-6-9/h2-6,8H,7H2,1H3,(H2,12,13,15). The molecule has 0 aromatic heterocycles. The Morgan fingerprint density at radius 2 is 2.07 bits per heavy atom. The van der Waals surface area contributed by atoms with Gasteiger partial charge in [0.2, 0.25) is 0 Å². The van der Waals surface area contributed by atoms with Crippen molar-refractivity contribution in [1.82, 2.24) is 10.2 Å². The van der Waals surface area contributed by atoms with Crippen molar-refractivity contribution >= 4 is 11.9 Å². The number of carbonyl (C=O) groups is 1. The van der Waals surface area contributed by atoms with Gasteiger partial charge in [0.05, 0.1) is 6.04 Å². The molecule has 0 aliphatic carbocycles. The van der Waals surface area contributed by atoms with Crippen LogP contribution in [0.3, 0.4) is 0 Å². The van der Waals surface area contributed by atoms with Gasteiger partial charge in [-0.1, -0.05) is 30.3 Å². The van der Waals surface area contributed by atoms with Crippen LogP contribution in [0.5, 0.6) is 0 Å². The van der Waals surface area contributed by atoms with Crippen LogP contribution in [0.4, 0.5) is 4.79 Å². The molecule has 2 rings (SSSR count). The van der Waals surface area contributed by atoms with Crippen LogP contribution in [-0.2, 0) is 6.54 Å². The lowest BCUT2D eigenvalue weighted by atomic mass is 10.2. The van der Waals surface area contributed by atoms with Gasteiger partial charge in [-0.25, -0.2) is 4.79 Å². The summed E-state index contributed by atoms with van der Waals surface area (Å²) in [4.78, 5) is 13.1. The largest absolute Gasteiger partial charge is 0.323 e. The minimum Gasteiger partial charge on any atom is -0.310 e. The Labute approximate surface area is 88.4 Å². The minimum absolute atomic E-state index is 0.155. The SMILES string of the molecule is CC1C(=N)NC(=O)N1Cc1ccccc1. The molecule has 4 heteroatoms. The van der Waals surface area contributed by atoms with E-state index in [0.717, 1.165) is 5.56 Å². The molecule has 1 saturated heterocycles. The number of carbonyl (C=O) groups excluding carboxylic acids is 1. The highest BCUT2D eigenvalue weighted by molar-refractivity contribution is 6.05. The predicted molar refractivity (Wildman–Crippen MR) is 57.7 cm³/mol. The maximum absolute atomic E-state index is 11.5. The average molecular weight is 203 g/mol. The molecule has 0 bridgehead atoms. The second-order valence-corrected chi connectivity index (χ2v) is 3.63. The van der Waals surface area contributed by atoms with E-state index in [1.54, 1.807) is 4.90 Å². The Hall–Kier alpha value is -1.84. The fourth-order valence-electron chi connectivity index (χ4n) is 1.61. The van der Waals surface area contributed by atoms with Gasteiger partial charge in [-0.15, -0.1) is 0 Å². The van der Waals surface area contributed by atoms with E-state index in [1.165, 1.54) is 0 Å². The number of hydrogen-bond acceptors (Lipinski definition) is 2. The highest BCUT2D eigenvalue weighted by atomic mass is 16.2. The molecule has 1 aliphatic heterocycles. The Bertz CT molecular complexity index is 388. The van der Waals surface area contributed by atoms with Crippen LogP contribution in [0, 0.1) is 5.41 Å². The van der Waals surface area contributed by atoms with Crippen LogP contribution in [-0.4, -0.2) is 22.8 Å². The lowest BCUT2D eigenvalue weighted by Crippen LogP contribution is -2.32. The number of hydrogen-bond donors (Lipinski definition) is 2. The summed E-state index contributed by atoms with van der Waals surface area (Å²) in [5.74, 6) is 0.274. The number of nitrogens with zero attached hydrogens (tertiary/aromatic N) is 1. The van der Waals surface area contributed by atoms with Crippen LogP contribution >= 0.6 is 0 Å². The quantitative estimate of drug-likeness (QED) is 0.753. The van der Waals surface area contributed by atoms with E-state index >= 15 is 0 Å². The van der Waals surface area contributed by atoms with Crippen molar-refractivity contribution in [1.29, 1.82) is 5.41 Å². The molecule has 1 aromatic rings. The maximum Gasteiger partial charge on any atom is 0.323 e. The van der Waals surface area contributed by atoms with Crippen molar-refractivity contribution in [2.45, 2.75) is 19.5 Å². The highest BCUT2D eigenvalue weighted by Gasteiger charge is 2.31. The van der Waals surface area contributed by atoms with E-state index in [1.807, 2.05) is 37.3 Å². The predicted octanol–water partition coefficient (Wildman–Crippen LogP) is 1.58. The van der Waals surface area contributed by atoms with E-state index < -0.39 is 0 Å². The first-order valence-electron chi connectivity index (χ1n) is 4.88. The molecule has 1 atom stereocenters. The number of nitrogens with one attached hydrogen (secondary N) is 2. The van der Waals surface area contributed by atoms with Gasteiger partial charge in [0.15, 0.2) is 0 Å². The summed E-state index contributed by atoms with van der Waals surface area (Å²) in [5, 5.41) is 10.0. The zero-order valence-corrected chi connectivity index (χ0v) is 8.53. The monoisotopic (exact) mass is 203 g/mol. The summed E-state index contributed by atoms with van der Waals surface area (Å²) < 4.78 is 0. The smallest absolute Gasteiger partial charge is 0.310 e. The van der Waals surface area contributed by atoms with Crippen molar-refractivity contribution in [3.8, 4) is 0 Å². The van der Waals surface area contributed by atoms with Gasteiger partial charge in [0.25, 0.3) is 0 Å². The van der Waals surface area contributed by atoms with Crippen LogP contribution in [0.15, 0.2) is 30.3 Å². The summed E-state index contributed by atoms with van der Waals surface area (Å²) in [6.07, 6.45) is 0. The second kappa shape index (κ2) is 3.73. The molecular formula is C11H13N3O. The maximum atomic E-state index is 11.5.